The number of para-hydroxylation sites is 1. The highest BCUT2D eigenvalue weighted by Crippen LogP contribution is 2.33. The Balaban J connectivity index is 2.47. The number of hydrogen-bond acceptors (Lipinski definition) is 2. The number of nitrogens with two attached hydrogens (primary N) is 1. The van der Waals surface area contributed by atoms with E-state index in [4.69, 9.17) is 41.2 Å². The van der Waals surface area contributed by atoms with Crippen LogP contribution in [0.2, 0.25) is 10.0 Å². The Morgan fingerprint density at radius 2 is 1.79 bits per heavy atom. The molecule has 19 heavy (non-hydrogen) atoms. The van der Waals surface area contributed by atoms with Gasteiger partial charge in [0.1, 0.15) is 4.99 Å². The van der Waals surface area contributed by atoms with Gasteiger partial charge in [0.2, 0.25) is 0 Å². The van der Waals surface area contributed by atoms with Crippen LogP contribution in [0.15, 0.2) is 36.4 Å². The minimum absolute atomic E-state index is 0.328. The number of hydrogen-bond donors (Lipinski definition) is 2. The Hall–Kier alpha value is -1.29. The van der Waals surface area contributed by atoms with Crippen LogP contribution >= 0.6 is 35.4 Å². The zero-order valence-corrected chi connectivity index (χ0v) is 12.5. The monoisotopic (exact) mass is 310 g/mol. The molecular weight excluding hydrogens is 299 g/mol. The van der Waals surface area contributed by atoms with E-state index >= 15 is 0 Å². The summed E-state index contributed by atoms with van der Waals surface area (Å²) in [4.78, 5) is 0.328. The summed E-state index contributed by atoms with van der Waals surface area (Å²) >= 11 is 17.3. The lowest BCUT2D eigenvalue weighted by molar-refractivity contribution is 1.43. The molecule has 0 aliphatic rings. The highest BCUT2D eigenvalue weighted by Gasteiger charge is 2.10. The van der Waals surface area contributed by atoms with E-state index in [-0.39, 0.29) is 0 Å². The third-order valence-corrected chi connectivity index (χ3v) is 3.51. The van der Waals surface area contributed by atoms with Gasteiger partial charge in [0.05, 0.1) is 15.7 Å². The van der Waals surface area contributed by atoms with E-state index in [1.807, 2.05) is 25.1 Å². The van der Waals surface area contributed by atoms with Crippen molar-refractivity contribution in [3.63, 3.8) is 0 Å². The molecule has 0 aromatic heterocycles. The summed E-state index contributed by atoms with van der Waals surface area (Å²) in [5.41, 5.74) is 9.02. The second kappa shape index (κ2) is 5.78. The number of benzene rings is 2. The third-order valence-electron chi connectivity index (χ3n) is 2.66. The SMILES string of the molecule is Cc1ccc(Nc2c(Cl)cccc2Cl)c(C(N)=S)c1. The van der Waals surface area contributed by atoms with Gasteiger partial charge in [-0.3, -0.25) is 0 Å². The maximum atomic E-state index is 6.13. The number of anilines is 2. The van der Waals surface area contributed by atoms with E-state index in [2.05, 4.69) is 5.32 Å². The molecule has 0 amide bonds. The summed E-state index contributed by atoms with van der Waals surface area (Å²) in [6.45, 7) is 1.98. The Morgan fingerprint density at radius 1 is 1.16 bits per heavy atom. The van der Waals surface area contributed by atoms with E-state index in [1.165, 1.54) is 0 Å². The van der Waals surface area contributed by atoms with Crippen LogP contribution in [0.5, 0.6) is 0 Å². The maximum Gasteiger partial charge on any atom is 0.106 e. The molecule has 0 radical (unpaired) electrons. The fraction of sp³-hybridized carbons (Fsp3) is 0.0714. The Labute approximate surface area is 127 Å². The van der Waals surface area contributed by atoms with Gasteiger partial charge in [0.25, 0.3) is 0 Å². The van der Waals surface area contributed by atoms with E-state index in [0.717, 1.165) is 16.8 Å². The van der Waals surface area contributed by atoms with E-state index in [1.54, 1.807) is 18.2 Å². The highest BCUT2D eigenvalue weighted by atomic mass is 35.5. The molecule has 2 aromatic rings. The van der Waals surface area contributed by atoms with Crippen molar-refractivity contribution >= 4 is 51.8 Å². The molecule has 0 bridgehead atoms. The van der Waals surface area contributed by atoms with Crippen molar-refractivity contribution in [1.82, 2.24) is 0 Å². The molecule has 0 unspecified atom stereocenters. The first-order valence-electron chi connectivity index (χ1n) is 5.60. The molecule has 2 aromatic carbocycles. The summed E-state index contributed by atoms with van der Waals surface area (Å²) in [6.07, 6.45) is 0. The molecule has 0 aliphatic heterocycles. The van der Waals surface area contributed by atoms with Crippen LogP contribution in [0, 0.1) is 6.92 Å². The topological polar surface area (TPSA) is 38.0 Å². The van der Waals surface area contributed by atoms with E-state index in [9.17, 15) is 0 Å². The van der Waals surface area contributed by atoms with Crippen molar-refractivity contribution in [1.29, 1.82) is 0 Å². The van der Waals surface area contributed by atoms with Gasteiger partial charge in [-0.1, -0.05) is 53.1 Å². The van der Waals surface area contributed by atoms with Crippen molar-refractivity contribution in [2.45, 2.75) is 6.92 Å². The molecule has 2 rings (SSSR count). The summed E-state index contributed by atoms with van der Waals surface area (Å²) in [5.74, 6) is 0. The standard InChI is InChI=1S/C14H12Cl2N2S/c1-8-5-6-12(9(7-8)14(17)19)18-13-10(15)3-2-4-11(13)16/h2-7,18H,1H3,(H2,17,19). The largest absolute Gasteiger partial charge is 0.389 e. The third kappa shape index (κ3) is 3.18. The lowest BCUT2D eigenvalue weighted by Crippen LogP contribution is -2.12. The van der Waals surface area contributed by atoms with Crippen LogP contribution in [0.1, 0.15) is 11.1 Å². The summed E-state index contributed by atoms with van der Waals surface area (Å²) in [5, 5.41) is 4.27. The van der Waals surface area contributed by atoms with Crippen LogP contribution in [0.25, 0.3) is 0 Å². The summed E-state index contributed by atoms with van der Waals surface area (Å²) in [6, 6.07) is 11.1. The lowest BCUT2D eigenvalue weighted by Gasteiger charge is -2.14. The van der Waals surface area contributed by atoms with Gasteiger partial charge in [0.15, 0.2) is 0 Å². The number of aryl methyl sites for hydroxylation is 1. The van der Waals surface area contributed by atoms with Crippen LogP contribution in [-0.2, 0) is 0 Å². The Kier molecular flexibility index (Phi) is 4.30. The smallest absolute Gasteiger partial charge is 0.106 e. The normalized spacial score (nSPS) is 10.3. The van der Waals surface area contributed by atoms with Crippen molar-refractivity contribution in [3.8, 4) is 0 Å². The minimum Gasteiger partial charge on any atom is -0.389 e. The van der Waals surface area contributed by atoms with Crippen LogP contribution in [-0.4, -0.2) is 4.99 Å². The van der Waals surface area contributed by atoms with Gasteiger partial charge in [-0.25, -0.2) is 0 Å². The molecule has 5 heteroatoms. The predicted octanol–water partition coefficient (Wildman–Crippen LogP) is 4.68. The Morgan fingerprint density at radius 3 is 2.37 bits per heavy atom. The second-order valence-electron chi connectivity index (χ2n) is 4.13. The fourth-order valence-electron chi connectivity index (χ4n) is 1.72. The molecule has 0 aliphatic carbocycles. The lowest BCUT2D eigenvalue weighted by atomic mass is 10.1. The minimum atomic E-state index is 0.328. The van der Waals surface area contributed by atoms with Crippen molar-refractivity contribution < 1.29 is 0 Å². The number of nitrogens with one attached hydrogen (secondary N) is 1. The van der Waals surface area contributed by atoms with E-state index in [0.29, 0.717) is 20.7 Å². The second-order valence-corrected chi connectivity index (χ2v) is 5.39. The van der Waals surface area contributed by atoms with Crippen LogP contribution in [0.3, 0.4) is 0 Å². The molecule has 2 nitrogen and oxygen atoms in total. The average molecular weight is 311 g/mol. The van der Waals surface area contributed by atoms with Gasteiger partial charge in [-0.2, -0.15) is 0 Å². The number of halogens is 2. The molecule has 3 N–H and O–H groups in total. The van der Waals surface area contributed by atoms with Crippen LogP contribution in [0.4, 0.5) is 11.4 Å². The van der Waals surface area contributed by atoms with E-state index < -0.39 is 0 Å². The number of rotatable bonds is 3. The first-order valence-corrected chi connectivity index (χ1v) is 6.77. The fourth-order valence-corrected chi connectivity index (χ4v) is 2.38. The van der Waals surface area contributed by atoms with Gasteiger partial charge in [-0.15, -0.1) is 0 Å². The van der Waals surface area contributed by atoms with Gasteiger partial charge < -0.3 is 11.1 Å². The highest BCUT2D eigenvalue weighted by molar-refractivity contribution is 7.80. The molecule has 0 spiro atoms. The van der Waals surface area contributed by atoms with Gasteiger partial charge in [-0.05, 0) is 31.2 Å². The molecule has 98 valence electrons. The average Bonchev–Trinajstić information content (AvgIpc) is 2.35. The Bertz CT molecular complexity index is 621. The molecule has 0 atom stereocenters. The molecular formula is C14H12Cl2N2S. The summed E-state index contributed by atoms with van der Waals surface area (Å²) < 4.78 is 0. The quantitative estimate of drug-likeness (QED) is 0.808. The number of thiocarbonyl (C=S) groups is 1. The first-order chi connectivity index (χ1) is 8.99. The predicted molar refractivity (Wildman–Crippen MR) is 86.8 cm³/mol. The zero-order valence-electron chi connectivity index (χ0n) is 10.2. The molecule has 0 saturated carbocycles. The van der Waals surface area contributed by atoms with Crippen molar-refractivity contribution in [2.24, 2.45) is 5.73 Å². The molecule has 0 fully saturated rings. The molecule has 0 heterocycles. The summed E-state index contributed by atoms with van der Waals surface area (Å²) in [7, 11) is 0. The van der Waals surface area contributed by atoms with Gasteiger partial charge >= 0.3 is 0 Å². The maximum absolute atomic E-state index is 6.13. The van der Waals surface area contributed by atoms with Crippen molar-refractivity contribution in [3.05, 3.63) is 57.6 Å². The van der Waals surface area contributed by atoms with Crippen LogP contribution < -0.4 is 11.1 Å². The first kappa shape index (κ1) is 14.1. The zero-order chi connectivity index (χ0) is 14.0. The van der Waals surface area contributed by atoms with Crippen molar-refractivity contribution in [2.75, 3.05) is 5.32 Å². The van der Waals surface area contributed by atoms with Gasteiger partial charge in [0, 0.05) is 11.3 Å². The molecule has 0 saturated heterocycles.